The first kappa shape index (κ1) is 31.5. The van der Waals surface area contributed by atoms with Crippen LogP contribution in [-0.4, -0.2) is 77.9 Å². The number of amides is 4. The lowest BCUT2D eigenvalue weighted by atomic mass is 10.1. The molecule has 0 aliphatic carbocycles. The van der Waals surface area contributed by atoms with Gasteiger partial charge in [-0.3, -0.25) is 24.2 Å². The molecule has 4 amide bonds. The molecular formula is C20H39N9O6. The second kappa shape index (κ2) is 17.0. The quantitative estimate of drug-likeness (QED) is 0.0503. The Kier molecular flexibility index (Phi) is 15.4. The van der Waals surface area contributed by atoms with Gasteiger partial charge in [-0.25, -0.2) is 4.79 Å². The van der Waals surface area contributed by atoms with Gasteiger partial charge in [-0.05, 0) is 45.6 Å². The van der Waals surface area contributed by atoms with Gasteiger partial charge in [-0.15, -0.1) is 0 Å². The third-order valence-electron chi connectivity index (χ3n) is 4.93. The largest absolute Gasteiger partial charge is 0.480 e. The van der Waals surface area contributed by atoms with E-state index in [1.165, 1.54) is 6.92 Å². The monoisotopic (exact) mass is 501 g/mol. The summed E-state index contributed by atoms with van der Waals surface area (Å²) in [6.45, 7) is 2.06. The van der Waals surface area contributed by atoms with E-state index in [1.807, 2.05) is 0 Å². The molecular weight excluding hydrogens is 462 g/mol. The zero-order valence-electron chi connectivity index (χ0n) is 20.0. The van der Waals surface area contributed by atoms with Crippen LogP contribution in [0.2, 0.25) is 0 Å². The number of unbranched alkanes of at least 4 members (excludes halogenated alkanes) is 1. The van der Waals surface area contributed by atoms with Crippen LogP contribution in [0.4, 0.5) is 0 Å². The van der Waals surface area contributed by atoms with E-state index in [1.54, 1.807) is 0 Å². The van der Waals surface area contributed by atoms with Crippen LogP contribution in [0.1, 0.15) is 51.9 Å². The number of carboxylic acids is 1. The number of carbonyl (C=O) groups excluding carboxylic acids is 4. The highest BCUT2D eigenvalue weighted by Crippen LogP contribution is 2.04. The predicted molar refractivity (Wildman–Crippen MR) is 128 cm³/mol. The molecule has 0 aliphatic rings. The normalized spacial score (nSPS) is 14.0. The molecule has 0 aliphatic heterocycles. The molecule has 0 bridgehead atoms. The van der Waals surface area contributed by atoms with Crippen molar-refractivity contribution in [3.8, 4) is 0 Å². The SMILES string of the molecule is CC(NC(=O)C(N)CCCCN)C(=O)NC(CCCN=C(N)N)C(=O)NC(CCC(N)=O)C(=O)O. The summed E-state index contributed by atoms with van der Waals surface area (Å²) in [5.74, 6) is -4.24. The lowest BCUT2D eigenvalue weighted by Gasteiger charge is -2.23. The molecule has 4 atom stereocenters. The number of hydrogen-bond donors (Lipinski definition) is 9. The molecule has 0 spiro atoms. The molecule has 0 aromatic heterocycles. The second-order valence-electron chi connectivity index (χ2n) is 8.04. The summed E-state index contributed by atoms with van der Waals surface area (Å²) in [6, 6.07) is -4.40. The Bertz CT molecular complexity index is 757. The van der Waals surface area contributed by atoms with Crippen LogP contribution in [0.3, 0.4) is 0 Å². The standard InChI is InChI=1S/C20H39N9O6/c1-11(27-17(32)12(22)5-2-3-9-21)16(31)28-13(6-4-10-26-20(24)25)18(33)29-14(19(34)35)7-8-15(23)30/h11-14H,2-10,21-22H2,1H3,(H2,23,30)(H,27,32)(H,28,31)(H,29,33)(H,34,35)(H4,24,25,26). The van der Waals surface area contributed by atoms with E-state index in [2.05, 4.69) is 20.9 Å². The zero-order valence-corrected chi connectivity index (χ0v) is 20.0. The number of nitrogens with two attached hydrogens (primary N) is 5. The Labute approximate surface area is 204 Å². The fourth-order valence-corrected chi connectivity index (χ4v) is 2.91. The minimum atomic E-state index is -1.39. The molecule has 14 N–H and O–H groups in total. The third kappa shape index (κ3) is 14.4. The van der Waals surface area contributed by atoms with E-state index in [-0.39, 0.29) is 38.2 Å². The summed E-state index contributed by atoms with van der Waals surface area (Å²) in [5.41, 5.74) is 26.8. The van der Waals surface area contributed by atoms with Gasteiger partial charge in [-0.2, -0.15) is 0 Å². The van der Waals surface area contributed by atoms with Crippen LogP contribution < -0.4 is 44.6 Å². The maximum Gasteiger partial charge on any atom is 0.326 e. The molecule has 35 heavy (non-hydrogen) atoms. The molecule has 0 fully saturated rings. The highest BCUT2D eigenvalue weighted by molar-refractivity contribution is 5.94. The first-order valence-corrected chi connectivity index (χ1v) is 11.3. The molecule has 4 unspecified atom stereocenters. The van der Waals surface area contributed by atoms with E-state index >= 15 is 0 Å². The van der Waals surface area contributed by atoms with Crippen molar-refractivity contribution in [2.45, 2.75) is 76.0 Å². The zero-order chi connectivity index (χ0) is 27.0. The summed E-state index contributed by atoms with van der Waals surface area (Å²) in [7, 11) is 0. The van der Waals surface area contributed by atoms with Gasteiger partial charge in [0.25, 0.3) is 0 Å². The van der Waals surface area contributed by atoms with E-state index < -0.39 is 53.8 Å². The van der Waals surface area contributed by atoms with Gasteiger partial charge in [0.2, 0.25) is 23.6 Å². The highest BCUT2D eigenvalue weighted by atomic mass is 16.4. The average molecular weight is 502 g/mol. The molecule has 15 nitrogen and oxygen atoms in total. The van der Waals surface area contributed by atoms with Gasteiger partial charge in [-0.1, -0.05) is 6.42 Å². The van der Waals surface area contributed by atoms with Crippen LogP contribution >= 0.6 is 0 Å². The molecule has 0 radical (unpaired) electrons. The molecule has 0 aromatic rings. The van der Waals surface area contributed by atoms with Gasteiger partial charge in [0.05, 0.1) is 6.04 Å². The van der Waals surface area contributed by atoms with E-state index in [9.17, 15) is 29.1 Å². The predicted octanol–water partition coefficient (Wildman–Crippen LogP) is -3.68. The van der Waals surface area contributed by atoms with Crippen LogP contribution in [0.25, 0.3) is 0 Å². The average Bonchev–Trinajstić information content (AvgIpc) is 2.77. The number of nitrogens with one attached hydrogen (secondary N) is 3. The number of guanidine groups is 1. The molecule has 200 valence electrons. The summed E-state index contributed by atoms with van der Waals surface area (Å²) < 4.78 is 0. The maximum atomic E-state index is 12.8. The van der Waals surface area contributed by atoms with Crippen molar-refractivity contribution in [3.05, 3.63) is 0 Å². The number of primary amides is 1. The van der Waals surface area contributed by atoms with Crippen LogP contribution in [0.5, 0.6) is 0 Å². The van der Waals surface area contributed by atoms with Crippen molar-refractivity contribution in [3.63, 3.8) is 0 Å². The maximum absolute atomic E-state index is 12.8. The van der Waals surface area contributed by atoms with Crippen molar-refractivity contribution in [2.75, 3.05) is 13.1 Å². The van der Waals surface area contributed by atoms with Crippen molar-refractivity contribution in [1.29, 1.82) is 0 Å². The Morgan fingerprint density at radius 2 is 1.46 bits per heavy atom. The fraction of sp³-hybridized carbons (Fsp3) is 0.700. The fourth-order valence-electron chi connectivity index (χ4n) is 2.91. The number of carboxylic acid groups (broad SMARTS) is 1. The summed E-state index contributed by atoms with van der Waals surface area (Å²) in [5, 5.41) is 16.6. The Balaban J connectivity index is 5.21. The third-order valence-corrected chi connectivity index (χ3v) is 4.93. The Hall–Kier alpha value is -3.46. The number of hydrogen-bond acceptors (Lipinski definition) is 8. The van der Waals surface area contributed by atoms with Crippen LogP contribution in [-0.2, 0) is 24.0 Å². The smallest absolute Gasteiger partial charge is 0.326 e. The van der Waals surface area contributed by atoms with E-state index in [0.29, 0.717) is 25.8 Å². The molecule has 0 aromatic carbocycles. The lowest BCUT2D eigenvalue weighted by molar-refractivity contribution is -0.142. The van der Waals surface area contributed by atoms with Crippen LogP contribution in [0.15, 0.2) is 4.99 Å². The minimum absolute atomic E-state index is 0.0653. The van der Waals surface area contributed by atoms with Crippen LogP contribution in [0, 0.1) is 0 Å². The van der Waals surface area contributed by atoms with Gasteiger partial charge < -0.3 is 49.7 Å². The molecule has 0 saturated carbocycles. The first-order valence-electron chi connectivity index (χ1n) is 11.3. The molecule has 0 heterocycles. The first-order chi connectivity index (χ1) is 16.4. The highest BCUT2D eigenvalue weighted by Gasteiger charge is 2.28. The Morgan fingerprint density at radius 3 is 2.00 bits per heavy atom. The molecule has 0 saturated heterocycles. The lowest BCUT2D eigenvalue weighted by Crippen LogP contribution is -2.56. The number of aliphatic imine (C=N–C) groups is 1. The van der Waals surface area contributed by atoms with Gasteiger partial charge in [0.15, 0.2) is 5.96 Å². The number of carbonyl (C=O) groups is 5. The van der Waals surface area contributed by atoms with Gasteiger partial charge >= 0.3 is 5.97 Å². The number of aliphatic carboxylic acids is 1. The summed E-state index contributed by atoms with van der Waals surface area (Å²) in [4.78, 5) is 63.9. The van der Waals surface area contributed by atoms with E-state index in [4.69, 9.17) is 28.7 Å². The Morgan fingerprint density at radius 1 is 0.829 bits per heavy atom. The summed E-state index contributed by atoms with van der Waals surface area (Å²) >= 11 is 0. The van der Waals surface area contributed by atoms with E-state index in [0.717, 1.165) is 0 Å². The van der Waals surface area contributed by atoms with Crippen molar-refractivity contribution >= 4 is 35.6 Å². The van der Waals surface area contributed by atoms with Crippen molar-refractivity contribution in [1.82, 2.24) is 16.0 Å². The topological polar surface area (TPSA) is 284 Å². The van der Waals surface area contributed by atoms with Gasteiger partial charge in [0.1, 0.15) is 18.1 Å². The molecule has 15 heteroatoms. The van der Waals surface area contributed by atoms with Crippen molar-refractivity contribution < 1.29 is 29.1 Å². The second-order valence-corrected chi connectivity index (χ2v) is 8.04. The molecule has 0 rings (SSSR count). The number of nitrogens with zero attached hydrogens (tertiary/aromatic N) is 1. The van der Waals surface area contributed by atoms with Crippen molar-refractivity contribution in [2.24, 2.45) is 33.7 Å². The number of rotatable bonds is 18. The van der Waals surface area contributed by atoms with Gasteiger partial charge in [0, 0.05) is 13.0 Å². The minimum Gasteiger partial charge on any atom is -0.480 e. The summed E-state index contributed by atoms with van der Waals surface area (Å²) in [6.07, 6.45) is 1.63.